The fourth-order valence-electron chi connectivity index (χ4n) is 2.12. The summed E-state index contributed by atoms with van der Waals surface area (Å²) in [5, 5.41) is 2.97. The highest BCUT2D eigenvalue weighted by atomic mass is 35.5. The second kappa shape index (κ2) is 5.53. The number of halogens is 1. The fraction of sp³-hybridized carbons (Fsp3) is 0.0588. The van der Waals surface area contributed by atoms with Crippen molar-refractivity contribution in [3.05, 3.63) is 71.2 Å². The van der Waals surface area contributed by atoms with Crippen molar-refractivity contribution in [3.8, 4) is 11.5 Å². The van der Waals surface area contributed by atoms with Crippen molar-refractivity contribution < 1.29 is 4.74 Å². The molecule has 0 unspecified atom stereocenters. The van der Waals surface area contributed by atoms with Gasteiger partial charge in [0.15, 0.2) is 0 Å². The predicted molar refractivity (Wildman–Crippen MR) is 83.4 cm³/mol. The number of ether oxygens (including phenoxy) is 1. The highest BCUT2D eigenvalue weighted by molar-refractivity contribution is 6.31. The molecular weight excluding hydrogens is 270 g/mol. The summed E-state index contributed by atoms with van der Waals surface area (Å²) in [4.78, 5) is 0. The quantitative estimate of drug-likeness (QED) is 0.753. The van der Waals surface area contributed by atoms with Gasteiger partial charge in [0, 0.05) is 11.6 Å². The van der Waals surface area contributed by atoms with Crippen molar-refractivity contribution in [2.24, 2.45) is 5.73 Å². The average molecular weight is 284 g/mol. The van der Waals surface area contributed by atoms with E-state index < -0.39 is 0 Å². The van der Waals surface area contributed by atoms with Gasteiger partial charge in [-0.2, -0.15) is 0 Å². The fourth-order valence-corrected chi connectivity index (χ4v) is 2.37. The van der Waals surface area contributed by atoms with Crippen molar-refractivity contribution in [2.75, 3.05) is 0 Å². The van der Waals surface area contributed by atoms with Crippen molar-refractivity contribution in [1.82, 2.24) is 0 Å². The lowest BCUT2D eigenvalue weighted by atomic mass is 10.1. The van der Waals surface area contributed by atoms with Crippen molar-refractivity contribution in [2.45, 2.75) is 6.54 Å². The summed E-state index contributed by atoms with van der Waals surface area (Å²) in [5.74, 6) is 1.50. The molecule has 0 aliphatic rings. The largest absolute Gasteiger partial charge is 0.457 e. The Morgan fingerprint density at radius 2 is 1.55 bits per heavy atom. The van der Waals surface area contributed by atoms with Crippen LogP contribution < -0.4 is 10.5 Å². The Hall–Kier alpha value is -2.03. The van der Waals surface area contributed by atoms with Gasteiger partial charge in [0.2, 0.25) is 0 Å². The van der Waals surface area contributed by atoms with Crippen molar-refractivity contribution in [3.63, 3.8) is 0 Å². The van der Waals surface area contributed by atoms with Crippen molar-refractivity contribution in [1.29, 1.82) is 0 Å². The summed E-state index contributed by atoms with van der Waals surface area (Å²) in [5.41, 5.74) is 6.50. The monoisotopic (exact) mass is 283 g/mol. The lowest BCUT2D eigenvalue weighted by Gasteiger charge is -2.09. The molecule has 0 amide bonds. The first kappa shape index (κ1) is 13.0. The molecule has 100 valence electrons. The third-order valence-corrected chi connectivity index (χ3v) is 3.55. The maximum absolute atomic E-state index is 6.13. The molecule has 0 spiro atoms. The molecule has 0 saturated heterocycles. The topological polar surface area (TPSA) is 35.2 Å². The van der Waals surface area contributed by atoms with Crippen LogP contribution in [0.1, 0.15) is 5.56 Å². The highest BCUT2D eigenvalue weighted by Gasteiger charge is 2.03. The van der Waals surface area contributed by atoms with E-state index in [1.165, 1.54) is 5.39 Å². The minimum absolute atomic E-state index is 0.426. The van der Waals surface area contributed by atoms with Gasteiger partial charge in [-0.05, 0) is 40.6 Å². The molecule has 3 heteroatoms. The average Bonchev–Trinajstić information content (AvgIpc) is 2.47. The van der Waals surface area contributed by atoms with E-state index in [9.17, 15) is 0 Å². The summed E-state index contributed by atoms with van der Waals surface area (Å²) in [6.45, 7) is 0.426. The standard InChI is InChI=1S/C17H14ClNO/c18-17-10-16(8-6-14(17)11-19)20-15-7-5-12-3-1-2-4-13(12)9-15/h1-10H,11,19H2. The van der Waals surface area contributed by atoms with E-state index in [1.807, 2.05) is 42.5 Å². The molecule has 3 rings (SSSR count). The normalized spacial score (nSPS) is 10.7. The Morgan fingerprint density at radius 3 is 2.30 bits per heavy atom. The van der Waals surface area contributed by atoms with E-state index >= 15 is 0 Å². The summed E-state index contributed by atoms with van der Waals surface area (Å²) >= 11 is 6.13. The molecule has 0 aromatic heterocycles. The van der Waals surface area contributed by atoms with Crippen LogP contribution in [0.4, 0.5) is 0 Å². The Kier molecular flexibility index (Phi) is 3.59. The van der Waals surface area contributed by atoms with Gasteiger partial charge in [0.1, 0.15) is 11.5 Å². The number of benzene rings is 3. The molecule has 2 N–H and O–H groups in total. The first-order valence-electron chi connectivity index (χ1n) is 6.41. The van der Waals surface area contributed by atoms with Gasteiger partial charge >= 0.3 is 0 Å². The number of fused-ring (bicyclic) bond motifs is 1. The maximum atomic E-state index is 6.13. The van der Waals surface area contributed by atoms with Gasteiger partial charge in [0.05, 0.1) is 0 Å². The van der Waals surface area contributed by atoms with Crippen LogP contribution in [-0.4, -0.2) is 0 Å². The summed E-state index contributed by atoms with van der Waals surface area (Å²) < 4.78 is 5.84. The second-order valence-corrected chi connectivity index (χ2v) is 4.98. The van der Waals surface area contributed by atoms with Crippen LogP contribution in [0, 0.1) is 0 Å². The Morgan fingerprint density at radius 1 is 0.850 bits per heavy atom. The Labute approximate surface area is 122 Å². The van der Waals surface area contributed by atoms with Gasteiger partial charge in [-0.1, -0.05) is 48.0 Å². The van der Waals surface area contributed by atoms with Crippen LogP contribution in [0.5, 0.6) is 11.5 Å². The minimum atomic E-state index is 0.426. The van der Waals surface area contributed by atoms with Crippen LogP contribution in [0.2, 0.25) is 5.02 Å². The molecule has 0 heterocycles. The number of hydrogen-bond acceptors (Lipinski definition) is 2. The second-order valence-electron chi connectivity index (χ2n) is 4.57. The number of hydrogen-bond donors (Lipinski definition) is 1. The van der Waals surface area contributed by atoms with Gasteiger partial charge < -0.3 is 10.5 Å². The third kappa shape index (κ3) is 2.62. The van der Waals surface area contributed by atoms with E-state index in [-0.39, 0.29) is 0 Å². The zero-order valence-corrected chi connectivity index (χ0v) is 11.6. The molecule has 0 aliphatic heterocycles. The molecule has 0 radical (unpaired) electrons. The molecule has 0 bridgehead atoms. The molecule has 20 heavy (non-hydrogen) atoms. The van der Waals surface area contributed by atoms with E-state index in [1.54, 1.807) is 6.07 Å². The van der Waals surface area contributed by atoms with E-state index in [0.29, 0.717) is 17.3 Å². The first-order valence-corrected chi connectivity index (χ1v) is 6.79. The van der Waals surface area contributed by atoms with Crippen LogP contribution in [0.25, 0.3) is 10.8 Å². The summed E-state index contributed by atoms with van der Waals surface area (Å²) in [7, 11) is 0. The molecule has 0 saturated carbocycles. The molecule has 0 aliphatic carbocycles. The molecule has 0 atom stereocenters. The first-order chi connectivity index (χ1) is 9.76. The summed E-state index contributed by atoms with van der Waals surface area (Å²) in [6.07, 6.45) is 0. The van der Waals surface area contributed by atoms with Gasteiger partial charge in [-0.25, -0.2) is 0 Å². The Bertz CT molecular complexity index is 755. The highest BCUT2D eigenvalue weighted by Crippen LogP contribution is 2.28. The maximum Gasteiger partial charge on any atom is 0.128 e. The van der Waals surface area contributed by atoms with Crippen molar-refractivity contribution >= 4 is 22.4 Å². The van der Waals surface area contributed by atoms with Crippen LogP contribution in [-0.2, 0) is 6.54 Å². The van der Waals surface area contributed by atoms with Crippen LogP contribution in [0.3, 0.4) is 0 Å². The minimum Gasteiger partial charge on any atom is -0.457 e. The van der Waals surface area contributed by atoms with E-state index in [0.717, 1.165) is 16.7 Å². The molecule has 0 fully saturated rings. The van der Waals surface area contributed by atoms with Gasteiger partial charge in [-0.15, -0.1) is 0 Å². The molecule has 3 aromatic rings. The number of nitrogens with two attached hydrogens (primary N) is 1. The third-order valence-electron chi connectivity index (χ3n) is 3.20. The van der Waals surface area contributed by atoms with E-state index in [4.69, 9.17) is 22.1 Å². The van der Waals surface area contributed by atoms with Crippen LogP contribution in [0.15, 0.2) is 60.7 Å². The molecule has 2 nitrogen and oxygen atoms in total. The lowest BCUT2D eigenvalue weighted by Crippen LogP contribution is -1.97. The number of rotatable bonds is 3. The SMILES string of the molecule is NCc1ccc(Oc2ccc3ccccc3c2)cc1Cl. The van der Waals surface area contributed by atoms with Gasteiger partial charge in [0.25, 0.3) is 0 Å². The Balaban J connectivity index is 1.90. The summed E-state index contributed by atoms with van der Waals surface area (Å²) in [6, 6.07) is 19.7. The predicted octanol–water partition coefficient (Wildman–Crippen LogP) is 4.74. The molecular formula is C17H14ClNO. The zero-order valence-electron chi connectivity index (χ0n) is 10.8. The lowest BCUT2D eigenvalue weighted by molar-refractivity contribution is 0.483. The molecule has 3 aromatic carbocycles. The van der Waals surface area contributed by atoms with Gasteiger partial charge in [-0.3, -0.25) is 0 Å². The zero-order chi connectivity index (χ0) is 13.9. The van der Waals surface area contributed by atoms with E-state index in [2.05, 4.69) is 12.1 Å². The van der Waals surface area contributed by atoms with Crippen LogP contribution >= 0.6 is 11.6 Å². The smallest absolute Gasteiger partial charge is 0.128 e.